The Morgan fingerprint density at radius 2 is 1.88 bits per heavy atom. The van der Waals surface area contributed by atoms with Crippen LogP contribution >= 0.6 is 0 Å². The van der Waals surface area contributed by atoms with Crippen LogP contribution in [0, 0.1) is 0 Å². The highest BCUT2D eigenvalue weighted by Crippen LogP contribution is 2.19. The maximum atomic E-state index is 9.78. The van der Waals surface area contributed by atoms with Crippen molar-refractivity contribution in [1.82, 2.24) is 5.32 Å². The van der Waals surface area contributed by atoms with Crippen LogP contribution in [0.3, 0.4) is 0 Å². The molecule has 0 fully saturated rings. The minimum absolute atomic E-state index is 0.350. The summed E-state index contributed by atoms with van der Waals surface area (Å²) >= 11 is 0. The lowest BCUT2D eigenvalue weighted by molar-refractivity contribution is 0.0759. The van der Waals surface area contributed by atoms with Crippen molar-refractivity contribution in [1.29, 1.82) is 0 Å². The van der Waals surface area contributed by atoms with E-state index in [1.165, 1.54) is 18.4 Å². The van der Waals surface area contributed by atoms with Crippen molar-refractivity contribution in [3.63, 3.8) is 0 Å². The Hall–Kier alpha value is -0.860. The maximum Gasteiger partial charge on any atom is 0.0715 e. The van der Waals surface area contributed by atoms with Gasteiger partial charge in [0.1, 0.15) is 0 Å². The lowest BCUT2D eigenvalue weighted by Crippen LogP contribution is -2.36. The van der Waals surface area contributed by atoms with Crippen molar-refractivity contribution >= 4 is 0 Å². The van der Waals surface area contributed by atoms with Gasteiger partial charge in [0.2, 0.25) is 0 Å². The second kappa shape index (κ2) is 6.77. The van der Waals surface area contributed by atoms with Crippen LogP contribution in [0.5, 0.6) is 0 Å². The van der Waals surface area contributed by atoms with Crippen LogP contribution in [0.2, 0.25) is 0 Å². The average Bonchev–Trinajstić information content (AvgIpc) is 2.29. The summed E-state index contributed by atoms with van der Waals surface area (Å²) in [5.41, 5.74) is 0.657. The second-order valence-corrected chi connectivity index (χ2v) is 5.30. The Morgan fingerprint density at radius 3 is 2.41 bits per heavy atom. The Morgan fingerprint density at radius 1 is 1.24 bits per heavy atom. The number of unbranched alkanes of at least 4 members (excludes halogenated alkanes) is 1. The summed E-state index contributed by atoms with van der Waals surface area (Å²) in [7, 11) is 0. The molecule has 0 aliphatic heterocycles. The van der Waals surface area contributed by atoms with E-state index in [1.54, 1.807) is 0 Å². The SMILES string of the molecule is CCCCC(NCC(C)(C)O)c1ccccc1. The number of aliphatic hydroxyl groups is 1. The molecule has 0 bridgehead atoms. The number of hydrogen-bond donors (Lipinski definition) is 2. The van der Waals surface area contributed by atoms with Gasteiger partial charge in [0, 0.05) is 12.6 Å². The van der Waals surface area contributed by atoms with Crippen LogP contribution in [0.1, 0.15) is 51.6 Å². The summed E-state index contributed by atoms with van der Waals surface area (Å²) in [5, 5.41) is 13.2. The normalized spacial score (nSPS) is 13.6. The molecule has 17 heavy (non-hydrogen) atoms. The molecule has 0 aliphatic rings. The summed E-state index contributed by atoms with van der Waals surface area (Å²) in [5.74, 6) is 0. The molecule has 1 aromatic carbocycles. The molecule has 0 heterocycles. The van der Waals surface area contributed by atoms with Crippen molar-refractivity contribution in [3.05, 3.63) is 35.9 Å². The quantitative estimate of drug-likeness (QED) is 0.760. The Balaban J connectivity index is 2.61. The number of hydrogen-bond acceptors (Lipinski definition) is 2. The maximum absolute atomic E-state index is 9.78. The molecule has 0 aliphatic carbocycles. The van der Waals surface area contributed by atoms with E-state index in [4.69, 9.17) is 0 Å². The molecule has 1 aromatic rings. The van der Waals surface area contributed by atoms with Gasteiger partial charge < -0.3 is 10.4 Å². The van der Waals surface area contributed by atoms with E-state index in [2.05, 4.69) is 36.5 Å². The molecule has 1 atom stereocenters. The average molecular weight is 235 g/mol. The molecule has 2 heteroatoms. The third-order valence-electron chi connectivity index (χ3n) is 2.83. The Labute approximate surface area is 105 Å². The molecule has 0 radical (unpaired) electrons. The second-order valence-electron chi connectivity index (χ2n) is 5.30. The van der Waals surface area contributed by atoms with Gasteiger partial charge in [-0.3, -0.25) is 0 Å². The van der Waals surface area contributed by atoms with Crippen molar-refractivity contribution in [2.75, 3.05) is 6.54 Å². The van der Waals surface area contributed by atoms with E-state index in [9.17, 15) is 5.11 Å². The summed E-state index contributed by atoms with van der Waals surface area (Å²) in [6.45, 7) is 6.50. The first-order valence-electron chi connectivity index (χ1n) is 6.53. The van der Waals surface area contributed by atoms with Gasteiger partial charge in [-0.25, -0.2) is 0 Å². The number of nitrogens with one attached hydrogen (secondary N) is 1. The van der Waals surface area contributed by atoms with Gasteiger partial charge in [0.25, 0.3) is 0 Å². The molecule has 0 spiro atoms. The lowest BCUT2D eigenvalue weighted by Gasteiger charge is -2.24. The van der Waals surface area contributed by atoms with Gasteiger partial charge in [-0.2, -0.15) is 0 Å². The van der Waals surface area contributed by atoms with Crippen molar-refractivity contribution in [2.45, 2.75) is 51.7 Å². The van der Waals surface area contributed by atoms with E-state index in [-0.39, 0.29) is 0 Å². The molecule has 2 N–H and O–H groups in total. The highest BCUT2D eigenvalue weighted by atomic mass is 16.3. The van der Waals surface area contributed by atoms with Gasteiger partial charge in [-0.15, -0.1) is 0 Å². The summed E-state index contributed by atoms with van der Waals surface area (Å²) in [6, 6.07) is 10.8. The molecular formula is C15H25NO. The van der Waals surface area contributed by atoms with Crippen LogP contribution in [-0.2, 0) is 0 Å². The third-order valence-corrected chi connectivity index (χ3v) is 2.83. The zero-order valence-electron chi connectivity index (χ0n) is 11.2. The fraction of sp³-hybridized carbons (Fsp3) is 0.600. The fourth-order valence-electron chi connectivity index (χ4n) is 1.85. The zero-order valence-corrected chi connectivity index (χ0v) is 11.2. The van der Waals surface area contributed by atoms with Gasteiger partial charge in [-0.05, 0) is 25.8 Å². The summed E-state index contributed by atoms with van der Waals surface area (Å²) in [4.78, 5) is 0. The lowest BCUT2D eigenvalue weighted by atomic mass is 10.00. The van der Waals surface area contributed by atoms with Crippen LogP contribution in [0.15, 0.2) is 30.3 Å². The van der Waals surface area contributed by atoms with Gasteiger partial charge >= 0.3 is 0 Å². The molecule has 0 aromatic heterocycles. The first-order chi connectivity index (χ1) is 8.03. The highest BCUT2D eigenvalue weighted by molar-refractivity contribution is 5.18. The van der Waals surface area contributed by atoms with Gasteiger partial charge in [0.15, 0.2) is 0 Å². The first kappa shape index (κ1) is 14.2. The zero-order chi connectivity index (χ0) is 12.7. The van der Waals surface area contributed by atoms with Crippen LogP contribution in [0.25, 0.3) is 0 Å². The molecule has 96 valence electrons. The number of rotatable bonds is 7. The minimum atomic E-state index is -0.654. The van der Waals surface area contributed by atoms with E-state index >= 15 is 0 Å². The van der Waals surface area contributed by atoms with Gasteiger partial charge in [-0.1, -0.05) is 50.1 Å². The standard InChI is InChI=1S/C15H25NO/c1-4-5-11-14(16-12-15(2,3)17)13-9-7-6-8-10-13/h6-10,14,16-17H,4-5,11-12H2,1-3H3. The number of benzene rings is 1. The van der Waals surface area contributed by atoms with Crippen molar-refractivity contribution in [2.24, 2.45) is 0 Å². The van der Waals surface area contributed by atoms with E-state index < -0.39 is 5.60 Å². The van der Waals surface area contributed by atoms with Crippen LogP contribution in [-0.4, -0.2) is 17.3 Å². The molecule has 1 rings (SSSR count). The molecular weight excluding hydrogens is 210 g/mol. The van der Waals surface area contributed by atoms with Crippen molar-refractivity contribution in [3.8, 4) is 0 Å². The van der Waals surface area contributed by atoms with Crippen molar-refractivity contribution < 1.29 is 5.11 Å². The highest BCUT2D eigenvalue weighted by Gasteiger charge is 2.16. The summed E-state index contributed by atoms with van der Waals surface area (Å²) in [6.07, 6.45) is 3.53. The van der Waals surface area contributed by atoms with E-state index in [0.717, 1.165) is 6.42 Å². The molecule has 0 amide bonds. The monoisotopic (exact) mass is 235 g/mol. The predicted molar refractivity (Wildman–Crippen MR) is 73.0 cm³/mol. The fourth-order valence-corrected chi connectivity index (χ4v) is 1.85. The predicted octanol–water partition coefficient (Wildman–Crippen LogP) is 3.28. The van der Waals surface area contributed by atoms with Crippen LogP contribution < -0.4 is 5.32 Å². The van der Waals surface area contributed by atoms with E-state index in [1.807, 2.05) is 19.9 Å². The smallest absolute Gasteiger partial charge is 0.0715 e. The molecule has 2 nitrogen and oxygen atoms in total. The van der Waals surface area contributed by atoms with Gasteiger partial charge in [0.05, 0.1) is 5.60 Å². The third kappa shape index (κ3) is 5.85. The Bertz CT molecular complexity index is 302. The first-order valence-corrected chi connectivity index (χ1v) is 6.53. The minimum Gasteiger partial charge on any atom is -0.389 e. The molecule has 1 unspecified atom stereocenters. The van der Waals surface area contributed by atoms with Crippen LogP contribution in [0.4, 0.5) is 0 Å². The summed E-state index contributed by atoms with van der Waals surface area (Å²) < 4.78 is 0. The van der Waals surface area contributed by atoms with E-state index in [0.29, 0.717) is 12.6 Å². The Kier molecular flexibility index (Phi) is 5.66. The topological polar surface area (TPSA) is 32.3 Å². The molecule has 0 saturated heterocycles. The molecule has 0 saturated carbocycles. The largest absolute Gasteiger partial charge is 0.389 e.